The maximum atomic E-state index is 14.1. The second kappa shape index (κ2) is 9.96. The van der Waals surface area contributed by atoms with Gasteiger partial charge in [0.2, 0.25) is 0 Å². The van der Waals surface area contributed by atoms with Crippen LogP contribution in [0.4, 0.5) is 4.39 Å². The number of rotatable bonds is 6. The molecule has 1 aromatic carbocycles. The van der Waals surface area contributed by atoms with Crippen LogP contribution in [0.5, 0.6) is 5.75 Å². The average molecular weight is 488 g/mol. The van der Waals surface area contributed by atoms with Crippen molar-refractivity contribution < 1.29 is 13.9 Å². The molecule has 9 heteroatoms. The largest absolute Gasteiger partial charge is 0.489 e. The molecule has 2 fully saturated rings. The molecule has 1 amide bonds. The molecule has 1 aliphatic carbocycles. The molecule has 1 aliphatic heterocycles. The van der Waals surface area contributed by atoms with Gasteiger partial charge in [-0.15, -0.1) is 0 Å². The molecule has 182 valence electrons. The van der Waals surface area contributed by atoms with E-state index in [0.717, 1.165) is 25.8 Å². The van der Waals surface area contributed by atoms with Crippen molar-refractivity contribution in [1.82, 2.24) is 19.8 Å². The van der Waals surface area contributed by atoms with E-state index < -0.39 is 11.7 Å². The number of aryl methyl sites for hydroxylation is 2. The Morgan fingerprint density at radius 1 is 1.26 bits per heavy atom. The van der Waals surface area contributed by atoms with Gasteiger partial charge in [0.05, 0.1) is 40.5 Å². The van der Waals surface area contributed by atoms with Gasteiger partial charge in [0.25, 0.3) is 5.91 Å². The van der Waals surface area contributed by atoms with E-state index in [9.17, 15) is 9.18 Å². The average Bonchev–Trinajstić information content (AvgIpc) is 3.37. The molecule has 1 aromatic heterocycles. The SMILES string of the molecule is Cc1nc(C2CN(C(=O)c3ccc(F)cc3OC3CCC(CN(C)C)C3)CC2=N)nc(C)c1Cl. The van der Waals surface area contributed by atoms with Crippen molar-refractivity contribution >= 4 is 23.2 Å². The number of carbonyl (C=O) groups excluding carboxylic acids is 1. The molecule has 3 atom stereocenters. The summed E-state index contributed by atoms with van der Waals surface area (Å²) in [5, 5.41) is 8.98. The van der Waals surface area contributed by atoms with Crippen LogP contribution in [-0.2, 0) is 0 Å². The second-order valence-corrected chi connectivity index (χ2v) is 10.0. The zero-order valence-electron chi connectivity index (χ0n) is 20.1. The standard InChI is InChI=1S/C25H31ClFN5O2/c1-14-23(26)15(2)30-24(29-14)20-12-32(13-21(20)28)25(33)19-8-6-17(27)10-22(19)34-18-7-5-16(9-18)11-31(3)4/h6,8,10,16,18,20,28H,5,7,9,11-13H2,1-4H3. The first-order chi connectivity index (χ1) is 16.1. The molecular weight excluding hydrogens is 457 g/mol. The number of hydrogen-bond donors (Lipinski definition) is 1. The zero-order chi connectivity index (χ0) is 24.6. The van der Waals surface area contributed by atoms with Crippen LogP contribution >= 0.6 is 11.6 Å². The van der Waals surface area contributed by atoms with Crippen molar-refractivity contribution in [2.75, 3.05) is 33.7 Å². The minimum absolute atomic E-state index is 0.0451. The van der Waals surface area contributed by atoms with E-state index in [1.165, 1.54) is 18.2 Å². The fourth-order valence-electron chi connectivity index (χ4n) is 4.93. The van der Waals surface area contributed by atoms with Gasteiger partial charge in [0.1, 0.15) is 17.4 Å². The highest BCUT2D eigenvalue weighted by molar-refractivity contribution is 6.31. The Balaban J connectivity index is 1.51. The van der Waals surface area contributed by atoms with Crippen LogP contribution in [-0.4, -0.2) is 71.2 Å². The zero-order valence-corrected chi connectivity index (χ0v) is 20.8. The Morgan fingerprint density at radius 3 is 2.65 bits per heavy atom. The van der Waals surface area contributed by atoms with E-state index in [0.29, 0.717) is 39.4 Å². The first kappa shape index (κ1) is 24.5. The number of nitrogens with zero attached hydrogens (tertiary/aromatic N) is 4. The molecule has 0 radical (unpaired) electrons. The number of likely N-dealkylation sites (tertiary alicyclic amines) is 1. The normalized spacial score (nSPS) is 22.6. The number of nitrogens with one attached hydrogen (secondary N) is 1. The van der Waals surface area contributed by atoms with Gasteiger partial charge in [-0.25, -0.2) is 14.4 Å². The number of halogens is 2. The van der Waals surface area contributed by atoms with E-state index in [-0.39, 0.29) is 30.9 Å². The van der Waals surface area contributed by atoms with Crippen molar-refractivity contribution in [3.8, 4) is 5.75 Å². The van der Waals surface area contributed by atoms with Gasteiger partial charge in [0.15, 0.2) is 0 Å². The smallest absolute Gasteiger partial charge is 0.257 e. The lowest BCUT2D eigenvalue weighted by Crippen LogP contribution is -2.30. The Bertz CT molecular complexity index is 1090. The maximum Gasteiger partial charge on any atom is 0.257 e. The third-order valence-electron chi connectivity index (χ3n) is 6.57. The highest BCUT2D eigenvalue weighted by Gasteiger charge is 2.36. The minimum atomic E-state index is -0.443. The van der Waals surface area contributed by atoms with E-state index in [1.807, 2.05) is 0 Å². The Morgan fingerprint density at radius 2 is 1.97 bits per heavy atom. The fraction of sp³-hybridized carbons (Fsp3) is 0.520. The molecule has 0 bridgehead atoms. The van der Waals surface area contributed by atoms with Gasteiger partial charge in [-0.3, -0.25) is 4.79 Å². The van der Waals surface area contributed by atoms with Gasteiger partial charge in [-0.2, -0.15) is 0 Å². The lowest BCUT2D eigenvalue weighted by Gasteiger charge is -2.21. The van der Waals surface area contributed by atoms with Crippen molar-refractivity contribution in [3.05, 3.63) is 51.8 Å². The summed E-state index contributed by atoms with van der Waals surface area (Å²) in [6.07, 6.45) is 2.76. The van der Waals surface area contributed by atoms with Crippen molar-refractivity contribution in [2.45, 2.75) is 45.1 Å². The van der Waals surface area contributed by atoms with Crippen LogP contribution in [0.15, 0.2) is 18.2 Å². The van der Waals surface area contributed by atoms with Crippen LogP contribution in [0.1, 0.15) is 52.8 Å². The predicted molar refractivity (Wildman–Crippen MR) is 130 cm³/mol. The summed E-state index contributed by atoms with van der Waals surface area (Å²) >= 11 is 6.20. The number of benzene rings is 1. The quantitative estimate of drug-likeness (QED) is 0.658. The summed E-state index contributed by atoms with van der Waals surface area (Å²) in [6.45, 7) is 5.03. The summed E-state index contributed by atoms with van der Waals surface area (Å²) in [4.78, 5) is 26.1. The summed E-state index contributed by atoms with van der Waals surface area (Å²) < 4.78 is 20.3. The molecule has 1 saturated carbocycles. The van der Waals surface area contributed by atoms with Crippen LogP contribution in [0.3, 0.4) is 0 Å². The van der Waals surface area contributed by atoms with Gasteiger partial charge in [0, 0.05) is 24.9 Å². The van der Waals surface area contributed by atoms with E-state index in [4.69, 9.17) is 21.7 Å². The number of carbonyl (C=O) groups is 1. The molecule has 1 N–H and O–H groups in total. The molecule has 0 spiro atoms. The number of hydrogen-bond acceptors (Lipinski definition) is 6. The lowest BCUT2D eigenvalue weighted by molar-refractivity contribution is 0.0787. The van der Waals surface area contributed by atoms with Gasteiger partial charge < -0.3 is 19.9 Å². The van der Waals surface area contributed by atoms with Crippen LogP contribution < -0.4 is 4.74 Å². The van der Waals surface area contributed by atoms with Gasteiger partial charge >= 0.3 is 0 Å². The molecule has 4 rings (SSSR count). The van der Waals surface area contributed by atoms with E-state index in [2.05, 4.69) is 29.0 Å². The van der Waals surface area contributed by atoms with Gasteiger partial charge in [-0.1, -0.05) is 11.6 Å². The molecule has 2 heterocycles. The van der Waals surface area contributed by atoms with E-state index in [1.54, 1.807) is 18.7 Å². The predicted octanol–water partition coefficient (Wildman–Crippen LogP) is 4.25. The maximum absolute atomic E-state index is 14.1. The Labute approximate surface area is 204 Å². The first-order valence-corrected chi connectivity index (χ1v) is 12.0. The summed E-state index contributed by atoms with van der Waals surface area (Å²) in [5.74, 6) is 0.163. The third kappa shape index (κ3) is 5.23. The van der Waals surface area contributed by atoms with E-state index >= 15 is 0 Å². The van der Waals surface area contributed by atoms with Crippen LogP contribution in [0.25, 0.3) is 0 Å². The summed E-state index contributed by atoms with van der Waals surface area (Å²) in [7, 11) is 4.10. The monoisotopic (exact) mass is 487 g/mol. The highest BCUT2D eigenvalue weighted by Crippen LogP contribution is 2.33. The molecule has 3 unspecified atom stereocenters. The third-order valence-corrected chi connectivity index (χ3v) is 7.11. The lowest BCUT2D eigenvalue weighted by atomic mass is 10.1. The Kier molecular flexibility index (Phi) is 7.19. The fourth-order valence-corrected chi connectivity index (χ4v) is 5.01. The second-order valence-electron chi connectivity index (χ2n) is 9.65. The molecular formula is C25H31ClFN5O2. The summed E-state index contributed by atoms with van der Waals surface area (Å²) in [5.41, 5.74) is 1.98. The minimum Gasteiger partial charge on any atom is -0.489 e. The topological polar surface area (TPSA) is 82.4 Å². The highest BCUT2D eigenvalue weighted by atomic mass is 35.5. The van der Waals surface area contributed by atoms with Crippen molar-refractivity contribution in [1.29, 1.82) is 5.41 Å². The first-order valence-electron chi connectivity index (χ1n) is 11.6. The van der Waals surface area contributed by atoms with Crippen molar-refractivity contribution in [2.24, 2.45) is 5.92 Å². The molecule has 7 nitrogen and oxygen atoms in total. The molecule has 2 aromatic rings. The molecule has 2 aliphatic rings. The number of amides is 1. The Hall–Kier alpha value is -2.58. The molecule has 34 heavy (non-hydrogen) atoms. The van der Waals surface area contributed by atoms with Crippen molar-refractivity contribution in [3.63, 3.8) is 0 Å². The summed E-state index contributed by atoms with van der Waals surface area (Å²) in [6, 6.07) is 4.04. The van der Waals surface area contributed by atoms with Crippen LogP contribution in [0.2, 0.25) is 5.02 Å². The van der Waals surface area contributed by atoms with Gasteiger partial charge in [-0.05, 0) is 65.3 Å². The number of ether oxygens (including phenoxy) is 1. The number of aromatic nitrogens is 2. The van der Waals surface area contributed by atoms with Crippen LogP contribution in [0, 0.1) is 31.0 Å². The molecule has 1 saturated heterocycles.